The van der Waals surface area contributed by atoms with E-state index in [1.807, 2.05) is 38.1 Å². The summed E-state index contributed by atoms with van der Waals surface area (Å²) in [4.78, 5) is 0. The SMILES string of the molecule is C=C[C@H]1OC(C)(C)O[C@H]1[C@@H](O)COCc1ccc(OC)cc1. The first-order chi connectivity index (χ1) is 10.4. The third-order valence-electron chi connectivity index (χ3n) is 3.49. The molecule has 1 aliphatic heterocycles. The van der Waals surface area contributed by atoms with Gasteiger partial charge >= 0.3 is 0 Å². The Morgan fingerprint density at radius 2 is 2.00 bits per heavy atom. The Kier molecular flexibility index (Phi) is 5.58. The molecule has 1 N–H and O–H groups in total. The Labute approximate surface area is 131 Å². The minimum Gasteiger partial charge on any atom is -0.497 e. The molecule has 0 saturated carbocycles. The maximum Gasteiger partial charge on any atom is 0.164 e. The van der Waals surface area contributed by atoms with Crippen LogP contribution in [0.3, 0.4) is 0 Å². The van der Waals surface area contributed by atoms with Crippen molar-refractivity contribution in [1.29, 1.82) is 0 Å². The largest absolute Gasteiger partial charge is 0.497 e. The van der Waals surface area contributed by atoms with Crippen molar-refractivity contribution in [3.8, 4) is 5.75 Å². The summed E-state index contributed by atoms with van der Waals surface area (Å²) in [6.07, 6.45) is 0.0625. The Bertz CT molecular complexity index is 482. The highest BCUT2D eigenvalue weighted by Gasteiger charge is 2.43. The van der Waals surface area contributed by atoms with Crippen LogP contribution < -0.4 is 4.74 Å². The maximum atomic E-state index is 10.2. The molecule has 0 aromatic heterocycles. The summed E-state index contributed by atoms with van der Waals surface area (Å²) in [7, 11) is 1.63. The molecule has 1 fully saturated rings. The molecule has 2 rings (SSSR count). The predicted molar refractivity (Wildman–Crippen MR) is 82.7 cm³/mol. The predicted octanol–water partition coefficient (Wildman–Crippen LogP) is 2.28. The second-order valence-electron chi connectivity index (χ2n) is 5.73. The minimum absolute atomic E-state index is 0.167. The lowest BCUT2D eigenvalue weighted by atomic mass is 10.1. The fraction of sp³-hybridized carbons (Fsp3) is 0.529. The molecular weight excluding hydrogens is 284 g/mol. The molecule has 22 heavy (non-hydrogen) atoms. The average molecular weight is 308 g/mol. The fourth-order valence-corrected chi connectivity index (χ4v) is 2.41. The molecule has 5 heteroatoms. The molecule has 0 amide bonds. The molecule has 5 nitrogen and oxygen atoms in total. The van der Waals surface area contributed by atoms with Gasteiger partial charge in [0.1, 0.15) is 24.1 Å². The summed E-state index contributed by atoms with van der Waals surface area (Å²) in [5, 5.41) is 10.2. The molecular formula is C17H24O5. The summed E-state index contributed by atoms with van der Waals surface area (Å²) in [5.74, 6) is 0.0804. The van der Waals surface area contributed by atoms with E-state index in [9.17, 15) is 5.11 Å². The van der Waals surface area contributed by atoms with Gasteiger partial charge in [-0.25, -0.2) is 0 Å². The van der Waals surface area contributed by atoms with Crippen molar-refractivity contribution >= 4 is 0 Å². The van der Waals surface area contributed by atoms with Gasteiger partial charge in [0.25, 0.3) is 0 Å². The van der Waals surface area contributed by atoms with E-state index in [2.05, 4.69) is 6.58 Å². The highest BCUT2D eigenvalue weighted by Crippen LogP contribution is 2.30. The summed E-state index contributed by atoms with van der Waals surface area (Å²) in [5.41, 5.74) is 1.01. The minimum atomic E-state index is -0.775. The summed E-state index contributed by atoms with van der Waals surface area (Å²) in [6, 6.07) is 7.60. The molecule has 0 unspecified atom stereocenters. The monoisotopic (exact) mass is 308 g/mol. The summed E-state index contributed by atoms with van der Waals surface area (Å²) in [6.45, 7) is 7.92. The van der Waals surface area contributed by atoms with E-state index in [0.29, 0.717) is 6.61 Å². The van der Waals surface area contributed by atoms with Crippen molar-refractivity contribution < 1.29 is 24.1 Å². The van der Waals surface area contributed by atoms with Gasteiger partial charge in [0.2, 0.25) is 0 Å². The Hall–Kier alpha value is -1.40. The third-order valence-corrected chi connectivity index (χ3v) is 3.49. The molecule has 0 bridgehead atoms. The van der Waals surface area contributed by atoms with E-state index in [1.54, 1.807) is 13.2 Å². The summed E-state index contributed by atoms with van der Waals surface area (Å²) >= 11 is 0. The summed E-state index contributed by atoms with van der Waals surface area (Å²) < 4.78 is 22.0. The zero-order valence-corrected chi connectivity index (χ0v) is 13.3. The van der Waals surface area contributed by atoms with Gasteiger partial charge in [0, 0.05) is 0 Å². The number of rotatable bonds is 7. The van der Waals surface area contributed by atoms with Crippen LogP contribution in [0, 0.1) is 0 Å². The molecule has 1 heterocycles. The van der Waals surface area contributed by atoms with Crippen molar-refractivity contribution in [2.45, 2.75) is 44.6 Å². The normalized spacial score (nSPS) is 24.9. The van der Waals surface area contributed by atoms with Crippen molar-refractivity contribution in [2.24, 2.45) is 0 Å². The van der Waals surface area contributed by atoms with Crippen LogP contribution in [0.5, 0.6) is 5.75 Å². The first-order valence-corrected chi connectivity index (χ1v) is 7.32. The van der Waals surface area contributed by atoms with Crippen molar-refractivity contribution in [1.82, 2.24) is 0 Å². The topological polar surface area (TPSA) is 57.2 Å². The number of benzene rings is 1. The van der Waals surface area contributed by atoms with E-state index >= 15 is 0 Å². The van der Waals surface area contributed by atoms with Gasteiger partial charge in [-0.3, -0.25) is 0 Å². The standard InChI is InChI=1S/C17H24O5/c1-5-15-16(22-17(2,3)21-15)14(18)11-20-10-12-6-8-13(19-4)9-7-12/h5-9,14-16,18H,1,10-11H2,2-4H3/t14-,15+,16-/m0/s1. The first-order valence-electron chi connectivity index (χ1n) is 7.32. The van der Waals surface area contributed by atoms with Gasteiger partial charge in [-0.1, -0.05) is 18.2 Å². The van der Waals surface area contributed by atoms with Crippen LogP contribution in [0.4, 0.5) is 0 Å². The maximum absolute atomic E-state index is 10.2. The Morgan fingerprint density at radius 3 is 2.59 bits per heavy atom. The van der Waals surface area contributed by atoms with Gasteiger partial charge in [-0.2, -0.15) is 0 Å². The van der Waals surface area contributed by atoms with Gasteiger partial charge in [0.15, 0.2) is 5.79 Å². The molecule has 3 atom stereocenters. The lowest BCUT2D eigenvalue weighted by molar-refractivity contribution is -0.157. The number of aliphatic hydroxyl groups is 1. The van der Waals surface area contributed by atoms with E-state index in [4.69, 9.17) is 18.9 Å². The second kappa shape index (κ2) is 7.24. The Balaban J connectivity index is 1.81. The highest BCUT2D eigenvalue weighted by atomic mass is 16.8. The van der Waals surface area contributed by atoms with Crippen LogP contribution in [0.25, 0.3) is 0 Å². The van der Waals surface area contributed by atoms with Crippen LogP contribution in [0.2, 0.25) is 0 Å². The Morgan fingerprint density at radius 1 is 1.32 bits per heavy atom. The molecule has 1 aromatic rings. The first kappa shape index (κ1) is 17.0. The van der Waals surface area contributed by atoms with E-state index in [-0.39, 0.29) is 12.7 Å². The molecule has 1 saturated heterocycles. The molecule has 1 aromatic carbocycles. The lowest BCUT2D eigenvalue weighted by Gasteiger charge is -2.21. The zero-order chi connectivity index (χ0) is 16.2. The van der Waals surface area contributed by atoms with Crippen molar-refractivity contribution in [3.63, 3.8) is 0 Å². The number of ether oxygens (including phenoxy) is 4. The van der Waals surface area contributed by atoms with Crippen LogP contribution in [0.1, 0.15) is 19.4 Å². The molecule has 0 spiro atoms. The lowest BCUT2D eigenvalue weighted by Crippen LogP contribution is -2.37. The number of hydrogen-bond acceptors (Lipinski definition) is 5. The van der Waals surface area contributed by atoms with Gasteiger partial charge < -0.3 is 24.1 Å². The quantitative estimate of drug-likeness (QED) is 0.783. The van der Waals surface area contributed by atoms with Gasteiger partial charge in [0.05, 0.1) is 20.3 Å². The number of hydrogen-bond donors (Lipinski definition) is 1. The molecule has 122 valence electrons. The molecule has 0 radical (unpaired) electrons. The van der Waals surface area contributed by atoms with Gasteiger partial charge in [-0.15, -0.1) is 6.58 Å². The molecule has 1 aliphatic rings. The van der Waals surface area contributed by atoms with E-state index in [0.717, 1.165) is 11.3 Å². The van der Waals surface area contributed by atoms with Crippen LogP contribution in [-0.2, 0) is 20.8 Å². The van der Waals surface area contributed by atoms with E-state index < -0.39 is 18.0 Å². The third kappa shape index (κ3) is 4.30. The molecule has 0 aliphatic carbocycles. The van der Waals surface area contributed by atoms with Crippen molar-refractivity contribution in [3.05, 3.63) is 42.5 Å². The van der Waals surface area contributed by atoms with Crippen LogP contribution >= 0.6 is 0 Å². The van der Waals surface area contributed by atoms with E-state index in [1.165, 1.54) is 0 Å². The van der Waals surface area contributed by atoms with Crippen LogP contribution in [-0.4, -0.2) is 42.9 Å². The number of aliphatic hydroxyl groups excluding tert-OH is 1. The number of methoxy groups -OCH3 is 1. The smallest absolute Gasteiger partial charge is 0.164 e. The van der Waals surface area contributed by atoms with Crippen LogP contribution in [0.15, 0.2) is 36.9 Å². The van der Waals surface area contributed by atoms with Gasteiger partial charge in [-0.05, 0) is 31.5 Å². The second-order valence-corrected chi connectivity index (χ2v) is 5.73. The zero-order valence-electron chi connectivity index (χ0n) is 13.3. The fourth-order valence-electron chi connectivity index (χ4n) is 2.41. The average Bonchev–Trinajstić information content (AvgIpc) is 2.83. The van der Waals surface area contributed by atoms with Crippen molar-refractivity contribution in [2.75, 3.05) is 13.7 Å². The highest BCUT2D eigenvalue weighted by molar-refractivity contribution is 5.26.